The normalized spacial score (nSPS) is 23.9. The lowest BCUT2D eigenvalue weighted by molar-refractivity contribution is -0.0225. The fourth-order valence-corrected chi connectivity index (χ4v) is 2.95. The minimum Gasteiger partial charge on any atom is -0.394 e. The molecule has 1 saturated heterocycles. The Morgan fingerprint density at radius 1 is 1.00 bits per heavy atom. The Bertz CT molecular complexity index is 637. The van der Waals surface area contributed by atoms with E-state index in [9.17, 15) is 5.11 Å². The molecule has 122 valence electrons. The molecule has 2 N–H and O–H groups in total. The molecule has 0 radical (unpaired) electrons. The van der Waals surface area contributed by atoms with Gasteiger partial charge in [-0.15, -0.1) is 0 Å². The van der Waals surface area contributed by atoms with Crippen molar-refractivity contribution in [1.82, 2.24) is 0 Å². The molecule has 2 aromatic carbocycles. The quantitative estimate of drug-likeness (QED) is 0.911. The van der Waals surface area contributed by atoms with Crippen LogP contribution in [-0.4, -0.2) is 43.1 Å². The number of aliphatic hydroxyl groups excluding tert-OH is 2. The van der Waals surface area contributed by atoms with Crippen LogP contribution in [0, 0.1) is 0 Å². The van der Waals surface area contributed by atoms with Crippen LogP contribution in [0.15, 0.2) is 48.5 Å². The minimum atomic E-state index is -0.594. The van der Waals surface area contributed by atoms with E-state index >= 15 is 0 Å². The van der Waals surface area contributed by atoms with Crippen molar-refractivity contribution in [2.45, 2.75) is 24.7 Å². The molecule has 0 saturated carbocycles. The van der Waals surface area contributed by atoms with Crippen molar-refractivity contribution < 1.29 is 14.9 Å². The van der Waals surface area contributed by atoms with Gasteiger partial charge in [0.2, 0.25) is 0 Å². The SMILES string of the molecule is CN(C)c1ccc(-c2ccc([C@H]3CC(O)[C@@H](CO)O3)cc2)cc1. The Morgan fingerprint density at radius 3 is 2.04 bits per heavy atom. The van der Waals surface area contributed by atoms with E-state index in [4.69, 9.17) is 9.84 Å². The minimum absolute atomic E-state index is 0.145. The highest BCUT2D eigenvalue weighted by Gasteiger charge is 2.34. The van der Waals surface area contributed by atoms with Gasteiger partial charge in [0.1, 0.15) is 6.10 Å². The monoisotopic (exact) mass is 313 g/mol. The summed E-state index contributed by atoms with van der Waals surface area (Å²) >= 11 is 0. The Hall–Kier alpha value is -1.88. The fourth-order valence-electron chi connectivity index (χ4n) is 2.95. The van der Waals surface area contributed by atoms with E-state index in [0.717, 1.165) is 11.1 Å². The first-order chi connectivity index (χ1) is 11.1. The lowest BCUT2D eigenvalue weighted by atomic mass is 10.00. The third-order valence-electron chi connectivity index (χ3n) is 4.40. The highest BCUT2D eigenvalue weighted by atomic mass is 16.5. The molecule has 1 heterocycles. The van der Waals surface area contributed by atoms with E-state index in [0.29, 0.717) is 6.42 Å². The summed E-state index contributed by atoms with van der Waals surface area (Å²) in [5, 5.41) is 19.0. The van der Waals surface area contributed by atoms with E-state index in [2.05, 4.69) is 41.3 Å². The summed E-state index contributed by atoms with van der Waals surface area (Å²) in [6.45, 7) is -0.145. The van der Waals surface area contributed by atoms with Gasteiger partial charge >= 0.3 is 0 Å². The van der Waals surface area contributed by atoms with Crippen molar-refractivity contribution in [3.63, 3.8) is 0 Å². The van der Waals surface area contributed by atoms with Crippen LogP contribution in [0.2, 0.25) is 0 Å². The molecular formula is C19H23NO3. The molecule has 4 heteroatoms. The molecule has 3 rings (SSSR count). The second kappa shape index (κ2) is 6.71. The van der Waals surface area contributed by atoms with Crippen LogP contribution in [0.5, 0.6) is 0 Å². The van der Waals surface area contributed by atoms with Gasteiger partial charge in [-0.25, -0.2) is 0 Å². The average molecular weight is 313 g/mol. The van der Waals surface area contributed by atoms with E-state index < -0.39 is 12.2 Å². The van der Waals surface area contributed by atoms with Gasteiger partial charge in [0.05, 0.1) is 18.8 Å². The molecule has 0 aliphatic carbocycles. The predicted molar refractivity (Wildman–Crippen MR) is 91.5 cm³/mol. The van der Waals surface area contributed by atoms with Crippen LogP contribution in [0.3, 0.4) is 0 Å². The molecule has 3 atom stereocenters. The maximum Gasteiger partial charge on any atom is 0.107 e. The van der Waals surface area contributed by atoms with Gasteiger partial charge in [-0.1, -0.05) is 36.4 Å². The second-order valence-corrected chi connectivity index (χ2v) is 6.21. The summed E-state index contributed by atoms with van der Waals surface area (Å²) < 4.78 is 5.69. The summed E-state index contributed by atoms with van der Waals surface area (Å²) in [4.78, 5) is 2.08. The summed E-state index contributed by atoms with van der Waals surface area (Å²) in [6.07, 6.45) is -0.684. The van der Waals surface area contributed by atoms with Crippen LogP contribution in [0.1, 0.15) is 18.1 Å². The molecule has 2 aromatic rings. The number of benzene rings is 2. The number of ether oxygens (including phenoxy) is 1. The smallest absolute Gasteiger partial charge is 0.107 e. The molecule has 1 aliphatic heterocycles. The lowest BCUT2D eigenvalue weighted by Gasteiger charge is -2.14. The molecule has 23 heavy (non-hydrogen) atoms. The molecule has 0 amide bonds. The van der Waals surface area contributed by atoms with Crippen LogP contribution in [-0.2, 0) is 4.74 Å². The molecule has 4 nitrogen and oxygen atoms in total. The van der Waals surface area contributed by atoms with E-state index in [1.165, 1.54) is 11.3 Å². The molecular weight excluding hydrogens is 290 g/mol. The highest BCUT2D eigenvalue weighted by molar-refractivity contribution is 5.66. The zero-order valence-corrected chi connectivity index (χ0v) is 13.5. The maximum absolute atomic E-state index is 9.84. The first kappa shape index (κ1) is 16.0. The second-order valence-electron chi connectivity index (χ2n) is 6.21. The predicted octanol–water partition coefficient (Wildman–Crippen LogP) is 2.60. The van der Waals surface area contributed by atoms with Crippen LogP contribution in [0.4, 0.5) is 5.69 Å². The Morgan fingerprint density at radius 2 is 1.57 bits per heavy atom. The standard InChI is InChI=1S/C19H23NO3/c1-20(2)16-9-7-14(8-10-16)13-3-5-15(6-4-13)18-11-17(22)19(12-21)23-18/h3-10,17-19,21-22H,11-12H2,1-2H3/t17?,18-,19-/m1/s1. The first-order valence-electron chi connectivity index (χ1n) is 7.90. The Kier molecular flexibility index (Phi) is 4.66. The molecule has 1 unspecified atom stereocenters. The first-order valence-corrected chi connectivity index (χ1v) is 7.90. The molecule has 1 aliphatic rings. The number of hydrogen-bond acceptors (Lipinski definition) is 4. The summed E-state index contributed by atoms with van der Waals surface area (Å²) in [6, 6.07) is 16.6. The van der Waals surface area contributed by atoms with Crippen LogP contribution in [0.25, 0.3) is 11.1 Å². The Balaban J connectivity index is 1.74. The van der Waals surface area contributed by atoms with Gasteiger partial charge in [-0.3, -0.25) is 0 Å². The average Bonchev–Trinajstić information content (AvgIpc) is 2.96. The van der Waals surface area contributed by atoms with Crippen molar-refractivity contribution in [2.24, 2.45) is 0 Å². The zero-order valence-electron chi connectivity index (χ0n) is 13.5. The topological polar surface area (TPSA) is 52.9 Å². The van der Waals surface area contributed by atoms with Crippen LogP contribution >= 0.6 is 0 Å². The number of nitrogens with zero attached hydrogens (tertiary/aromatic N) is 1. The molecule has 1 fully saturated rings. The largest absolute Gasteiger partial charge is 0.394 e. The number of rotatable bonds is 4. The molecule has 0 spiro atoms. The summed E-state index contributed by atoms with van der Waals surface area (Å²) in [7, 11) is 4.05. The van der Waals surface area contributed by atoms with E-state index in [1.807, 2.05) is 26.2 Å². The number of anilines is 1. The summed E-state index contributed by atoms with van der Waals surface area (Å²) in [5.41, 5.74) is 4.53. The Labute approximate surface area is 136 Å². The van der Waals surface area contributed by atoms with E-state index in [-0.39, 0.29) is 12.7 Å². The van der Waals surface area contributed by atoms with Crippen molar-refractivity contribution in [1.29, 1.82) is 0 Å². The number of hydrogen-bond donors (Lipinski definition) is 2. The van der Waals surface area contributed by atoms with Crippen LogP contribution < -0.4 is 4.90 Å². The van der Waals surface area contributed by atoms with Gasteiger partial charge in [-0.05, 0) is 28.8 Å². The van der Waals surface area contributed by atoms with Gasteiger partial charge in [0.25, 0.3) is 0 Å². The highest BCUT2D eigenvalue weighted by Crippen LogP contribution is 2.34. The molecule has 0 aromatic heterocycles. The van der Waals surface area contributed by atoms with Gasteiger partial charge in [0.15, 0.2) is 0 Å². The van der Waals surface area contributed by atoms with Crippen molar-refractivity contribution in [2.75, 3.05) is 25.6 Å². The van der Waals surface area contributed by atoms with E-state index in [1.54, 1.807) is 0 Å². The third-order valence-corrected chi connectivity index (χ3v) is 4.40. The van der Waals surface area contributed by atoms with Gasteiger partial charge in [0, 0.05) is 26.2 Å². The fraction of sp³-hybridized carbons (Fsp3) is 0.368. The molecule has 0 bridgehead atoms. The van der Waals surface area contributed by atoms with Gasteiger partial charge in [-0.2, -0.15) is 0 Å². The number of aliphatic hydroxyl groups is 2. The third kappa shape index (κ3) is 3.39. The van der Waals surface area contributed by atoms with Gasteiger partial charge < -0.3 is 19.8 Å². The lowest BCUT2D eigenvalue weighted by Crippen LogP contribution is -2.24. The van der Waals surface area contributed by atoms with Crippen molar-refractivity contribution in [3.8, 4) is 11.1 Å². The summed E-state index contributed by atoms with van der Waals surface area (Å²) in [5.74, 6) is 0. The van der Waals surface area contributed by atoms with Crippen molar-refractivity contribution in [3.05, 3.63) is 54.1 Å². The van der Waals surface area contributed by atoms with Crippen molar-refractivity contribution >= 4 is 5.69 Å². The zero-order chi connectivity index (χ0) is 16.4. The maximum atomic E-state index is 9.84.